The number of aliphatic carboxylic acids is 1. The molecule has 100 valence electrons. The third kappa shape index (κ3) is 3.23. The normalized spacial score (nSPS) is 12.2. The molecule has 5 nitrogen and oxygen atoms in total. The second-order valence-corrected chi connectivity index (χ2v) is 5.27. The highest BCUT2D eigenvalue weighted by Gasteiger charge is 2.17. The van der Waals surface area contributed by atoms with E-state index in [1.807, 2.05) is 13.0 Å². The van der Waals surface area contributed by atoms with E-state index in [2.05, 4.69) is 10.3 Å². The van der Waals surface area contributed by atoms with Crippen molar-refractivity contribution in [3.8, 4) is 0 Å². The fourth-order valence-corrected chi connectivity index (χ4v) is 2.39. The van der Waals surface area contributed by atoms with Crippen molar-refractivity contribution in [3.05, 3.63) is 39.9 Å². The lowest BCUT2D eigenvalue weighted by atomic mass is 10.2. The van der Waals surface area contributed by atoms with E-state index in [0.29, 0.717) is 15.8 Å². The number of benzene rings is 1. The number of nitrogens with two attached hydrogens (primary N) is 1. The number of halogens is 1. The summed E-state index contributed by atoms with van der Waals surface area (Å²) in [5.41, 5.74) is 7.68. The monoisotopic (exact) mass is 297 g/mol. The SMILES string of the molecule is Cc1ccc(Cl)cc1Nc1nc(C(N)C(=O)O)cs1. The van der Waals surface area contributed by atoms with E-state index in [0.717, 1.165) is 11.3 Å². The standard InChI is InChI=1S/C12H12ClN3O2S/c1-6-2-3-7(13)4-8(6)15-12-16-9(5-19-12)10(14)11(17)18/h2-5,10H,14H2,1H3,(H,15,16)(H,17,18). The van der Waals surface area contributed by atoms with Crippen LogP contribution >= 0.6 is 22.9 Å². The first-order chi connectivity index (χ1) is 8.97. The second-order valence-electron chi connectivity index (χ2n) is 3.98. The lowest BCUT2D eigenvalue weighted by Crippen LogP contribution is -2.20. The number of hydrogen-bond donors (Lipinski definition) is 3. The quantitative estimate of drug-likeness (QED) is 0.807. The number of thiazole rings is 1. The molecule has 0 saturated heterocycles. The van der Waals surface area contributed by atoms with Crippen molar-refractivity contribution in [2.75, 3.05) is 5.32 Å². The summed E-state index contributed by atoms with van der Waals surface area (Å²) in [5.74, 6) is -1.10. The molecule has 0 bridgehead atoms. The van der Waals surface area contributed by atoms with Crippen LogP contribution in [-0.4, -0.2) is 16.1 Å². The molecule has 1 heterocycles. The average molecular weight is 298 g/mol. The minimum absolute atomic E-state index is 0.333. The first-order valence-corrected chi connectivity index (χ1v) is 6.70. The van der Waals surface area contributed by atoms with Crippen LogP contribution in [0.3, 0.4) is 0 Å². The number of carboxylic acid groups (broad SMARTS) is 1. The highest BCUT2D eigenvalue weighted by atomic mass is 35.5. The molecule has 2 rings (SSSR count). The van der Waals surface area contributed by atoms with Gasteiger partial charge in [0, 0.05) is 16.1 Å². The predicted molar refractivity (Wildman–Crippen MR) is 76.1 cm³/mol. The number of hydrogen-bond acceptors (Lipinski definition) is 5. The van der Waals surface area contributed by atoms with Gasteiger partial charge in [0.05, 0.1) is 5.69 Å². The number of rotatable bonds is 4. The molecule has 1 aromatic heterocycles. The Hall–Kier alpha value is -1.63. The Bertz CT molecular complexity index is 615. The van der Waals surface area contributed by atoms with Gasteiger partial charge in [-0.3, -0.25) is 4.79 Å². The average Bonchev–Trinajstić information content (AvgIpc) is 2.81. The summed E-state index contributed by atoms with van der Waals surface area (Å²) in [7, 11) is 0. The third-order valence-electron chi connectivity index (χ3n) is 2.55. The summed E-state index contributed by atoms with van der Waals surface area (Å²) >= 11 is 7.22. The molecule has 0 radical (unpaired) electrons. The highest BCUT2D eigenvalue weighted by molar-refractivity contribution is 7.13. The molecule has 19 heavy (non-hydrogen) atoms. The Morgan fingerprint density at radius 3 is 3.00 bits per heavy atom. The number of aryl methyl sites for hydroxylation is 1. The van der Waals surface area contributed by atoms with Crippen LogP contribution in [0, 0.1) is 6.92 Å². The van der Waals surface area contributed by atoms with E-state index < -0.39 is 12.0 Å². The Morgan fingerprint density at radius 1 is 1.58 bits per heavy atom. The van der Waals surface area contributed by atoms with Crippen molar-refractivity contribution in [2.45, 2.75) is 13.0 Å². The van der Waals surface area contributed by atoms with E-state index in [1.165, 1.54) is 11.3 Å². The number of anilines is 2. The summed E-state index contributed by atoms with van der Waals surface area (Å²) in [6.45, 7) is 1.94. The molecule has 7 heteroatoms. The maximum absolute atomic E-state index is 10.8. The molecule has 0 amide bonds. The smallest absolute Gasteiger partial charge is 0.326 e. The van der Waals surface area contributed by atoms with Gasteiger partial charge in [0.15, 0.2) is 5.13 Å². The number of nitrogens with one attached hydrogen (secondary N) is 1. The number of aromatic nitrogens is 1. The third-order valence-corrected chi connectivity index (χ3v) is 3.56. The molecule has 1 aromatic carbocycles. The molecule has 1 unspecified atom stereocenters. The lowest BCUT2D eigenvalue weighted by Gasteiger charge is -2.07. The Kier molecular flexibility index (Phi) is 4.04. The predicted octanol–water partition coefficient (Wildman–Crippen LogP) is 2.93. The van der Waals surface area contributed by atoms with Crippen molar-refractivity contribution >= 4 is 39.7 Å². The van der Waals surface area contributed by atoms with Gasteiger partial charge in [-0.05, 0) is 24.6 Å². The van der Waals surface area contributed by atoms with Gasteiger partial charge in [-0.25, -0.2) is 4.98 Å². The minimum atomic E-state index is -1.10. The van der Waals surface area contributed by atoms with Gasteiger partial charge in [-0.2, -0.15) is 0 Å². The summed E-state index contributed by atoms with van der Waals surface area (Å²) in [6, 6.07) is 4.37. The highest BCUT2D eigenvalue weighted by Crippen LogP contribution is 2.27. The van der Waals surface area contributed by atoms with Crippen molar-refractivity contribution in [1.29, 1.82) is 0 Å². The molecule has 0 spiro atoms. The van der Waals surface area contributed by atoms with Crippen LogP contribution in [0.4, 0.5) is 10.8 Å². The number of carboxylic acids is 1. The van der Waals surface area contributed by atoms with E-state index >= 15 is 0 Å². The fraction of sp³-hybridized carbons (Fsp3) is 0.167. The summed E-state index contributed by atoms with van der Waals surface area (Å²) in [5, 5.41) is 14.7. The molecule has 0 saturated carbocycles. The largest absolute Gasteiger partial charge is 0.480 e. The van der Waals surface area contributed by atoms with Crippen molar-refractivity contribution < 1.29 is 9.90 Å². The van der Waals surface area contributed by atoms with Crippen LogP contribution in [0.1, 0.15) is 17.3 Å². The zero-order chi connectivity index (χ0) is 14.0. The first-order valence-electron chi connectivity index (χ1n) is 5.44. The molecular weight excluding hydrogens is 286 g/mol. The van der Waals surface area contributed by atoms with Gasteiger partial charge < -0.3 is 16.2 Å². The first kappa shape index (κ1) is 13.8. The van der Waals surface area contributed by atoms with E-state index in [-0.39, 0.29) is 0 Å². The molecule has 0 aliphatic rings. The number of carbonyl (C=O) groups is 1. The maximum atomic E-state index is 10.8. The molecule has 4 N–H and O–H groups in total. The van der Waals surface area contributed by atoms with Gasteiger partial charge in [0.1, 0.15) is 6.04 Å². The van der Waals surface area contributed by atoms with Gasteiger partial charge in [-0.15, -0.1) is 11.3 Å². The molecular formula is C12H12ClN3O2S. The molecule has 0 fully saturated rings. The van der Waals surface area contributed by atoms with Gasteiger partial charge in [0.2, 0.25) is 0 Å². The molecule has 1 atom stereocenters. The number of nitrogens with zero attached hydrogens (tertiary/aromatic N) is 1. The van der Waals surface area contributed by atoms with Crippen LogP contribution in [-0.2, 0) is 4.79 Å². The Labute approximate surface area is 119 Å². The van der Waals surface area contributed by atoms with E-state index in [9.17, 15) is 4.79 Å². The summed E-state index contributed by atoms with van der Waals surface area (Å²) in [6.07, 6.45) is 0. The Balaban J connectivity index is 2.20. The van der Waals surface area contributed by atoms with E-state index in [1.54, 1.807) is 17.5 Å². The minimum Gasteiger partial charge on any atom is -0.480 e. The van der Waals surface area contributed by atoms with E-state index in [4.69, 9.17) is 22.4 Å². The van der Waals surface area contributed by atoms with Crippen molar-refractivity contribution in [3.63, 3.8) is 0 Å². The summed E-state index contributed by atoms with van der Waals surface area (Å²) < 4.78 is 0. The van der Waals surface area contributed by atoms with Crippen LogP contribution in [0.15, 0.2) is 23.6 Å². The van der Waals surface area contributed by atoms with Crippen LogP contribution in [0.2, 0.25) is 5.02 Å². The van der Waals surface area contributed by atoms with Gasteiger partial charge >= 0.3 is 5.97 Å². The van der Waals surface area contributed by atoms with Crippen LogP contribution in [0.25, 0.3) is 0 Å². The zero-order valence-electron chi connectivity index (χ0n) is 10.1. The molecule has 2 aromatic rings. The van der Waals surface area contributed by atoms with Crippen molar-refractivity contribution in [1.82, 2.24) is 4.98 Å². The van der Waals surface area contributed by atoms with Crippen LogP contribution in [0.5, 0.6) is 0 Å². The van der Waals surface area contributed by atoms with Gasteiger partial charge in [0.25, 0.3) is 0 Å². The topological polar surface area (TPSA) is 88.2 Å². The Morgan fingerprint density at radius 2 is 2.32 bits per heavy atom. The summed E-state index contributed by atoms with van der Waals surface area (Å²) in [4.78, 5) is 14.9. The zero-order valence-corrected chi connectivity index (χ0v) is 11.6. The van der Waals surface area contributed by atoms with Crippen molar-refractivity contribution in [2.24, 2.45) is 5.73 Å². The van der Waals surface area contributed by atoms with Crippen LogP contribution < -0.4 is 11.1 Å². The van der Waals surface area contributed by atoms with Gasteiger partial charge in [-0.1, -0.05) is 17.7 Å². The molecule has 0 aliphatic heterocycles. The molecule has 0 aliphatic carbocycles. The second kappa shape index (κ2) is 5.56. The maximum Gasteiger partial charge on any atom is 0.326 e. The fourth-order valence-electron chi connectivity index (χ4n) is 1.46. The lowest BCUT2D eigenvalue weighted by molar-refractivity contribution is -0.138.